The lowest BCUT2D eigenvalue weighted by Gasteiger charge is -2.26. The van der Waals surface area contributed by atoms with E-state index in [1.54, 1.807) is 6.26 Å². The minimum atomic E-state index is -0.695. The number of hydrogen-bond acceptors (Lipinski definition) is 2. The third-order valence-electron chi connectivity index (χ3n) is 4.18. The van der Waals surface area contributed by atoms with Gasteiger partial charge in [-0.25, -0.2) is 0 Å². The first kappa shape index (κ1) is 14.7. The van der Waals surface area contributed by atoms with Crippen LogP contribution in [0.1, 0.15) is 43.2 Å². The molecule has 3 heteroatoms. The molecular formula is C16H25NOS. The van der Waals surface area contributed by atoms with Crippen molar-refractivity contribution in [2.24, 2.45) is 0 Å². The summed E-state index contributed by atoms with van der Waals surface area (Å²) in [6.07, 6.45) is 6.62. The fourth-order valence-electron chi connectivity index (χ4n) is 2.81. The molecule has 0 radical (unpaired) electrons. The summed E-state index contributed by atoms with van der Waals surface area (Å²) in [7, 11) is -0.695. The van der Waals surface area contributed by atoms with E-state index in [9.17, 15) is 4.21 Å². The van der Waals surface area contributed by atoms with Crippen molar-refractivity contribution in [2.75, 3.05) is 19.3 Å². The van der Waals surface area contributed by atoms with Gasteiger partial charge in [0.1, 0.15) is 0 Å². The van der Waals surface area contributed by atoms with Crippen LogP contribution in [0.5, 0.6) is 0 Å². The zero-order chi connectivity index (χ0) is 13.7. The van der Waals surface area contributed by atoms with Gasteiger partial charge in [-0.1, -0.05) is 31.2 Å². The molecule has 1 aromatic carbocycles. The summed E-state index contributed by atoms with van der Waals surface area (Å²) in [5.41, 5.74) is 3.07. The van der Waals surface area contributed by atoms with Crippen molar-refractivity contribution in [1.29, 1.82) is 0 Å². The average molecular weight is 279 g/mol. The first-order valence-corrected chi connectivity index (χ1v) is 8.91. The monoisotopic (exact) mass is 279 g/mol. The van der Waals surface area contributed by atoms with Crippen LogP contribution >= 0.6 is 0 Å². The highest BCUT2D eigenvalue weighted by molar-refractivity contribution is 7.84. The molecule has 0 amide bonds. The van der Waals surface area contributed by atoms with Crippen LogP contribution in [0.3, 0.4) is 0 Å². The van der Waals surface area contributed by atoms with Crippen LogP contribution in [0.2, 0.25) is 0 Å². The van der Waals surface area contributed by atoms with Gasteiger partial charge < -0.3 is 5.32 Å². The Labute approximate surface area is 119 Å². The molecule has 0 saturated heterocycles. The van der Waals surface area contributed by atoms with Gasteiger partial charge in [0.05, 0.1) is 0 Å². The molecule has 3 atom stereocenters. The van der Waals surface area contributed by atoms with E-state index in [1.807, 2.05) is 0 Å². The van der Waals surface area contributed by atoms with Crippen molar-refractivity contribution < 1.29 is 4.21 Å². The van der Waals surface area contributed by atoms with Crippen LogP contribution < -0.4 is 5.32 Å². The molecule has 19 heavy (non-hydrogen) atoms. The van der Waals surface area contributed by atoms with Crippen molar-refractivity contribution in [1.82, 2.24) is 5.32 Å². The normalized spacial score (nSPS) is 21.7. The van der Waals surface area contributed by atoms with Crippen LogP contribution in [-0.4, -0.2) is 28.8 Å². The molecule has 1 aromatic rings. The Morgan fingerprint density at radius 3 is 3.00 bits per heavy atom. The van der Waals surface area contributed by atoms with Gasteiger partial charge in [0.25, 0.3) is 0 Å². The third-order valence-corrected chi connectivity index (χ3v) is 5.55. The lowest BCUT2D eigenvalue weighted by atomic mass is 9.83. The van der Waals surface area contributed by atoms with Crippen molar-refractivity contribution >= 4 is 10.8 Å². The Kier molecular flexibility index (Phi) is 5.59. The highest BCUT2D eigenvalue weighted by atomic mass is 32.2. The van der Waals surface area contributed by atoms with E-state index in [2.05, 4.69) is 36.5 Å². The molecule has 1 aliphatic rings. The molecule has 0 saturated carbocycles. The van der Waals surface area contributed by atoms with Crippen LogP contribution in [0.15, 0.2) is 24.3 Å². The number of rotatable bonds is 6. The molecule has 0 bridgehead atoms. The van der Waals surface area contributed by atoms with Gasteiger partial charge in [-0.15, -0.1) is 0 Å². The molecule has 0 spiro atoms. The Morgan fingerprint density at radius 2 is 2.21 bits per heavy atom. The number of aryl methyl sites for hydroxylation is 1. The second-order valence-electron chi connectivity index (χ2n) is 5.59. The van der Waals surface area contributed by atoms with E-state index in [1.165, 1.54) is 30.4 Å². The molecule has 1 N–H and O–H groups in total. The molecule has 2 rings (SSSR count). The maximum absolute atomic E-state index is 11.3. The Balaban J connectivity index is 1.80. The lowest BCUT2D eigenvalue weighted by Crippen LogP contribution is -2.27. The number of benzene rings is 1. The Hall–Kier alpha value is -0.670. The number of hydrogen-bond donors (Lipinski definition) is 1. The second kappa shape index (κ2) is 7.20. The predicted molar refractivity (Wildman–Crippen MR) is 83.1 cm³/mol. The highest BCUT2D eigenvalue weighted by Crippen LogP contribution is 2.30. The minimum Gasteiger partial charge on any atom is -0.316 e. The van der Waals surface area contributed by atoms with E-state index < -0.39 is 10.8 Å². The van der Waals surface area contributed by atoms with Crippen molar-refractivity contribution in [3.8, 4) is 0 Å². The van der Waals surface area contributed by atoms with E-state index >= 15 is 0 Å². The lowest BCUT2D eigenvalue weighted by molar-refractivity contribution is 0.502. The first-order valence-electron chi connectivity index (χ1n) is 7.29. The second-order valence-corrected chi connectivity index (χ2v) is 7.39. The predicted octanol–water partition coefficient (Wildman–Crippen LogP) is 2.85. The summed E-state index contributed by atoms with van der Waals surface area (Å²) in [4.78, 5) is 0. The van der Waals surface area contributed by atoms with Gasteiger partial charge in [-0.3, -0.25) is 4.21 Å². The summed E-state index contributed by atoms with van der Waals surface area (Å²) in [5.74, 6) is 0.660. The van der Waals surface area contributed by atoms with Crippen LogP contribution in [0.25, 0.3) is 0 Å². The van der Waals surface area contributed by atoms with Crippen LogP contribution in [0, 0.1) is 0 Å². The molecule has 1 aliphatic carbocycles. The zero-order valence-electron chi connectivity index (χ0n) is 12.0. The summed E-state index contributed by atoms with van der Waals surface area (Å²) >= 11 is 0. The van der Waals surface area contributed by atoms with Gasteiger partial charge in [-0.05, 0) is 49.3 Å². The summed E-state index contributed by atoms with van der Waals surface area (Å²) in [6.45, 7) is 4.09. The smallest absolute Gasteiger partial charge is 0.0329 e. The highest BCUT2D eigenvalue weighted by Gasteiger charge is 2.19. The number of fused-ring (bicyclic) bond motifs is 1. The fraction of sp³-hybridized carbons (Fsp3) is 0.625. The van der Waals surface area contributed by atoms with Gasteiger partial charge >= 0.3 is 0 Å². The van der Waals surface area contributed by atoms with Crippen LogP contribution in [0.4, 0.5) is 0 Å². The summed E-state index contributed by atoms with van der Waals surface area (Å²) in [6, 6.07) is 8.85. The topological polar surface area (TPSA) is 29.1 Å². The Morgan fingerprint density at radius 1 is 1.42 bits per heavy atom. The van der Waals surface area contributed by atoms with E-state index in [0.717, 1.165) is 19.5 Å². The average Bonchev–Trinajstić information content (AvgIpc) is 2.43. The molecule has 0 fully saturated rings. The standard InChI is InChI=1S/C16H25NOS/c1-13(19(2)18)10-11-17-12-15-8-5-7-14-6-3-4-9-16(14)15/h3-4,6,9,13,15,17H,5,7-8,10-12H2,1-2H3. The molecule has 0 aliphatic heterocycles. The number of nitrogens with one attached hydrogen (secondary N) is 1. The van der Waals surface area contributed by atoms with Gasteiger partial charge in [0.2, 0.25) is 0 Å². The molecule has 0 heterocycles. The Bertz CT molecular complexity index is 433. The van der Waals surface area contributed by atoms with E-state index in [4.69, 9.17) is 0 Å². The van der Waals surface area contributed by atoms with Crippen molar-refractivity contribution in [2.45, 2.75) is 43.8 Å². The molecule has 2 nitrogen and oxygen atoms in total. The SMILES string of the molecule is CC(CCNCC1CCCc2ccccc21)S(C)=O. The summed E-state index contributed by atoms with van der Waals surface area (Å²) < 4.78 is 11.3. The zero-order valence-corrected chi connectivity index (χ0v) is 12.8. The fourth-order valence-corrected chi connectivity index (χ4v) is 3.26. The van der Waals surface area contributed by atoms with Crippen molar-refractivity contribution in [3.05, 3.63) is 35.4 Å². The first-order chi connectivity index (χ1) is 9.18. The maximum atomic E-state index is 11.3. The largest absolute Gasteiger partial charge is 0.316 e. The van der Waals surface area contributed by atoms with Crippen molar-refractivity contribution in [3.63, 3.8) is 0 Å². The minimum absolute atomic E-state index is 0.297. The molecule has 106 valence electrons. The van der Waals surface area contributed by atoms with Gasteiger partial charge in [-0.2, -0.15) is 0 Å². The van der Waals surface area contributed by atoms with E-state index in [-0.39, 0.29) is 0 Å². The summed E-state index contributed by atoms with van der Waals surface area (Å²) in [5, 5.41) is 3.84. The molecule has 3 unspecified atom stereocenters. The van der Waals surface area contributed by atoms with Gasteiger partial charge in [0.15, 0.2) is 0 Å². The van der Waals surface area contributed by atoms with E-state index in [0.29, 0.717) is 11.2 Å². The van der Waals surface area contributed by atoms with Gasteiger partial charge in [0, 0.05) is 28.9 Å². The maximum Gasteiger partial charge on any atom is 0.0329 e. The molecule has 0 aromatic heterocycles. The van der Waals surface area contributed by atoms with Crippen LogP contribution in [-0.2, 0) is 17.2 Å². The third kappa shape index (κ3) is 4.15. The molecular weight excluding hydrogens is 254 g/mol. The quantitative estimate of drug-likeness (QED) is 0.811.